The fraction of sp³-hybridized carbons (Fsp3) is 0.545. The summed E-state index contributed by atoms with van der Waals surface area (Å²) in [5.41, 5.74) is 2.73. The molecule has 2 amide bonds. The van der Waals surface area contributed by atoms with Crippen molar-refractivity contribution in [1.29, 1.82) is 0 Å². The number of aliphatic carboxylic acids is 1. The van der Waals surface area contributed by atoms with E-state index in [-0.39, 0.29) is 12.5 Å². The summed E-state index contributed by atoms with van der Waals surface area (Å²) in [5, 5.41) is 13.2. The first-order chi connectivity index (χ1) is 8.59. The summed E-state index contributed by atoms with van der Waals surface area (Å²) < 4.78 is 0. The molecule has 6 nitrogen and oxygen atoms in total. The predicted octanol–water partition coefficient (Wildman–Crippen LogP) is 1.19. The third-order valence-electron chi connectivity index (χ3n) is 2.37. The summed E-state index contributed by atoms with van der Waals surface area (Å²) in [4.78, 5) is 27.5. The van der Waals surface area contributed by atoms with E-state index in [0.717, 1.165) is 5.69 Å². The first-order valence-corrected chi connectivity index (χ1v) is 6.61. The molecule has 2 N–H and O–H groups in total. The topological polar surface area (TPSA) is 82.5 Å². The van der Waals surface area contributed by atoms with Crippen LogP contribution in [0, 0.1) is 0 Å². The number of thiazole rings is 1. The van der Waals surface area contributed by atoms with Gasteiger partial charge in [-0.1, -0.05) is 0 Å². The maximum Gasteiger partial charge on any atom is 0.317 e. The average molecular weight is 271 g/mol. The van der Waals surface area contributed by atoms with Crippen LogP contribution in [0.4, 0.5) is 4.79 Å². The van der Waals surface area contributed by atoms with E-state index in [1.54, 1.807) is 12.6 Å². The van der Waals surface area contributed by atoms with Crippen LogP contribution in [-0.4, -0.2) is 47.1 Å². The summed E-state index contributed by atoms with van der Waals surface area (Å²) in [5.74, 6) is -0.840. The number of hydrogen-bond acceptors (Lipinski definition) is 4. The number of carbonyl (C=O) groups excluding carboxylic acids is 1. The van der Waals surface area contributed by atoms with Gasteiger partial charge < -0.3 is 15.3 Å². The predicted molar refractivity (Wildman–Crippen MR) is 68.7 cm³/mol. The van der Waals surface area contributed by atoms with Crippen molar-refractivity contribution in [2.24, 2.45) is 0 Å². The van der Waals surface area contributed by atoms with Crippen LogP contribution in [-0.2, 0) is 11.2 Å². The second kappa shape index (κ2) is 7.65. The average Bonchev–Trinajstić information content (AvgIpc) is 2.81. The maximum absolute atomic E-state index is 11.6. The van der Waals surface area contributed by atoms with Gasteiger partial charge in [-0.15, -0.1) is 11.3 Å². The van der Waals surface area contributed by atoms with Crippen molar-refractivity contribution in [3.05, 3.63) is 16.6 Å². The van der Waals surface area contributed by atoms with Crippen molar-refractivity contribution in [3.8, 4) is 0 Å². The Kier molecular flexibility index (Phi) is 6.13. The normalized spacial score (nSPS) is 10.1. The smallest absolute Gasteiger partial charge is 0.317 e. The minimum Gasteiger partial charge on any atom is -0.481 e. The highest BCUT2D eigenvalue weighted by Gasteiger charge is 2.08. The van der Waals surface area contributed by atoms with Crippen molar-refractivity contribution in [3.63, 3.8) is 0 Å². The number of carboxylic acids is 1. The van der Waals surface area contributed by atoms with Crippen LogP contribution < -0.4 is 5.32 Å². The fourth-order valence-electron chi connectivity index (χ4n) is 1.36. The Morgan fingerprint density at radius 2 is 2.33 bits per heavy atom. The summed E-state index contributed by atoms with van der Waals surface area (Å²) >= 11 is 1.53. The number of nitrogens with zero attached hydrogens (tertiary/aromatic N) is 2. The number of aromatic nitrogens is 1. The van der Waals surface area contributed by atoms with Gasteiger partial charge >= 0.3 is 12.0 Å². The van der Waals surface area contributed by atoms with E-state index in [2.05, 4.69) is 10.3 Å². The van der Waals surface area contributed by atoms with Crippen molar-refractivity contribution in [2.45, 2.75) is 19.3 Å². The molecule has 1 aromatic rings. The monoisotopic (exact) mass is 271 g/mol. The lowest BCUT2D eigenvalue weighted by Crippen LogP contribution is -2.38. The molecule has 0 aliphatic heterocycles. The highest BCUT2D eigenvalue weighted by Crippen LogP contribution is 2.00. The zero-order chi connectivity index (χ0) is 13.4. The molecule has 100 valence electrons. The molecule has 0 spiro atoms. The zero-order valence-electron chi connectivity index (χ0n) is 10.3. The summed E-state index contributed by atoms with van der Waals surface area (Å²) in [6, 6.07) is -0.185. The van der Waals surface area contributed by atoms with Gasteiger partial charge in [-0.3, -0.25) is 4.79 Å². The molecule has 0 unspecified atom stereocenters. The standard InChI is InChI=1S/C11H17N3O3S/c1-14(6-2-3-10(15)16)11(17)12-5-4-9-7-18-8-13-9/h7-8H,2-6H2,1H3,(H,12,17)(H,15,16). The molecule has 18 heavy (non-hydrogen) atoms. The lowest BCUT2D eigenvalue weighted by molar-refractivity contribution is -0.137. The Hall–Kier alpha value is -1.63. The molecule has 0 bridgehead atoms. The second-order valence-corrected chi connectivity index (χ2v) is 4.60. The molecular weight excluding hydrogens is 254 g/mol. The second-order valence-electron chi connectivity index (χ2n) is 3.88. The van der Waals surface area contributed by atoms with Crippen molar-refractivity contribution >= 4 is 23.3 Å². The van der Waals surface area contributed by atoms with E-state index in [0.29, 0.717) is 25.9 Å². The first-order valence-electron chi connectivity index (χ1n) is 5.67. The number of hydrogen-bond donors (Lipinski definition) is 2. The van der Waals surface area contributed by atoms with Crippen LogP contribution in [0.15, 0.2) is 10.9 Å². The van der Waals surface area contributed by atoms with Crippen LogP contribution in [0.1, 0.15) is 18.5 Å². The van der Waals surface area contributed by atoms with Gasteiger partial charge in [0.05, 0.1) is 11.2 Å². The Morgan fingerprint density at radius 3 is 2.94 bits per heavy atom. The summed E-state index contributed by atoms with van der Waals surface area (Å²) in [7, 11) is 1.65. The third-order valence-corrected chi connectivity index (χ3v) is 3.01. The number of rotatable bonds is 7. The molecule has 0 aliphatic carbocycles. The molecular formula is C11H17N3O3S. The Labute approximate surface area is 110 Å². The van der Waals surface area contributed by atoms with Crippen LogP contribution in [0.2, 0.25) is 0 Å². The molecule has 7 heteroatoms. The molecule has 0 saturated carbocycles. The molecule has 0 atom stereocenters. The van der Waals surface area contributed by atoms with E-state index in [1.807, 2.05) is 5.38 Å². The highest BCUT2D eigenvalue weighted by atomic mass is 32.1. The Morgan fingerprint density at radius 1 is 1.56 bits per heavy atom. The summed E-state index contributed by atoms with van der Waals surface area (Å²) in [6.07, 6.45) is 1.25. The van der Waals surface area contributed by atoms with Gasteiger partial charge in [-0.05, 0) is 6.42 Å². The van der Waals surface area contributed by atoms with E-state index < -0.39 is 5.97 Å². The first kappa shape index (κ1) is 14.4. The largest absolute Gasteiger partial charge is 0.481 e. The molecule has 1 rings (SSSR count). The quantitative estimate of drug-likeness (QED) is 0.780. The van der Waals surface area contributed by atoms with E-state index in [4.69, 9.17) is 5.11 Å². The van der Waals surface area contributed by atoms with Gasteiger partial charge in [0.15, 0.2) is 0 Å². The van der Waals surface area contributed by atoms with Crippen molar-refractivity contribution < 1.29 is 14.7 Å². The van der Waals surface area contributed by atoms with E-state index in [1.165, 1.54) is 16.2 Å². The third kappa shape index (κ3) is 5.62. The molecule has 0 aliphatic rings. The SMILES string of the molecule is CN(CCCC(=O)O)C(=O)NCCc1cscn1. The Bertz CT molecular complexity index is 381. The number of nitrogens with one attached hydrogen (secondary N) is 1. The maximum atomic E-state index is 11.6. The molecule has 0 fully saturated rings. The van der Waals surface area contributed by atoms with Crippen LogP contribution in [0.3, 0.4) is 0 Å². The zero-order valence-corrected chi connectivity index (χ0v) is 11.1. The lowest BCUT2D eigenvalue weighted by atomic mass is 10.3. The van der Waals surface area contributed by atoms with Crippen molar-refractivity contribution in [1.82, 2.24) is 15.2 Å². The number of carboxylic acid groups (broad SMARTS) is 1. The van der Waals surface area contributed by atoms with Gasteiger partial charge in [0.2, 0.25) is 0 Å². The molecule has 1 heterocycles. The molecule has 0 aromatic carbocycles. The van der Waals surface area contributed by atoms with Crippen LogP contribution in [0.25, 0.3) is 0 Å². The number of amides is 2. The van der Waals surface area contributed by atoms with E-state index >= 15 is 0 Å². The van der Waals surface area contributed by atoms with Gasteiger partial charge in [-0.2, -0.15) is 0 Å². The summed E-state index contributed by atoms with van der Waals surface area (Å²) in [6.45, 7) is 0.973. The molecule has 1 aromatic heterocycles. The van der Waals surface area contributed by atoms with E-state index in [9.17, 15) is 9.59 Å². The van der Waals surface area contributed by atoms with Crippen LogP contribution >= 0.6 is 11.3 Å². The number of urea groups is 1. The fourth-order valence-corrected chi connectivity index (χ4v) is 1.96. The van der Waals surface area contributed by atoms with Gasteiger partial charge in [0, 0.05) is 38.4 Å². The number of carbonyl (C=O) groups is 2. The minimum atomic E-state index is -0.840. The molecule has 0 saturated heterocycles. The van der Waals surface area contributed by atoms with Crippen LogP contribution in [0.5, 0.6) is 0 Å². The molecule has 0 radical (unpaired) electrons. The minimum absolute atomic E-state index is 0.0798. The lowest BCUT2D eigenvalue weighted by Gasteiger charge is -2.17. The van der Waals surface area contributed by atoms with Gasteiger partial charge in [0.1, 0.15) is 0 Å². The highest BCUT2D eigenvalue weighted by molar-refractivity contribution is 7.07. The Balaban J connectivity index is 2.13. The van der Waals surface area contributed by atoms with Gasteiger partial charge in [-0.25, -0.2) is 9.78 Å². The van der Waals surface area contributed by atoms with Gasteiger partial charge in [0.25, 0.3) is 0 Å². The van der Waals surface area contributed by atoms with Crippen molar-refractivity contribution in [2.75, 3.05) is 20.1 Å².